The lowest BCUT2D eigenvalue weighted by Crippen LogP contribution is -2.30. The van der Waals surface area contributed by atoms with Crippen LogP contribution in [0.25, 0.3) is 0 Å². The van der Waals surface area contributed by atoms with Crippen molar-refractivity contribution in [1.82, 2.24) is 0 Å². The molecular formula is C11H16. The van der Waals surface area contributed by atoms with Gasteiger partial charge in [-0.15, -0.1) is 0 Å². The van der Waals surface area contributed by atoms with Crippen LogP contribution < -0.4 is 0 Å². The van der Waals surface area contributed by atoms with E-state index in [9.17, 15) is 0 Å². The van der Waals surface area contributed by atoms with Crippen LogP contribution in [0.5, 0.6) is 0 Å². The van der Waals surface area contributed by atoms with Gasteiger partial charge < -0.3 is 0 Å². The Kier molecular flexibility index (Phi) is 1.30. The van der Waals surface area contributed by atoms with Crippen LogP contribution in [0.15, 0.2) is 24.3 Å². The van der Waals surface area contributed by atoms with E-state index in [1.165, 1.54) is 19.3 Å². The molecule has 0 amide bonds. The fraction of sp³-hybridized carbons (Fsp3) is 0.636. The van der Waals surface area contributed by atoms with Crippen molar-refractivity contribution in [2.45, 2.75) is 33.1 Å². The van der Waals surface area contributed by atoms with E-state index in [0.717, 1.165) is 0 Å². The molecule has 0 aromatic rings. The fourth-order valence-corrected chi connectivity index (χ4v) is 2.55. The zero-order chi connectivity index (χ0) is 7.95. The molecule has 0 spiro atoms. The lowest BCUT2D eigenvalue weighted by molar-refractivity contribution is 0.205. The molecule has 0 heterocycles. The molecule has 0 unspecified atom stereocenters. The minimum Gasteiger partial charge on any atom is -0.0871 e. The van der Waals surface area contributed by atoms with E-state index >= 15 is 0 Å². The molecule has 0 saturated heterocycles. The quantitative estimate of drug-likeness (QED) is 0.462. The van der Waals surface area contributed by atoms with Gasteiger partial charge in [-0.3, -0.25) is 0 Å². The number of allylic oxidation sites excluding steroid dienone is 4. The van der Waals surface area contributed by atoms with Crippen LogP contribution >= 0.6 is 0 Å². The maximum absolute atomic E-state index is 2.40. The Labute approximate surface area is 69.0 Å². The zero-order valence-electron chi connectivity index (χ0n) is 7.43. The van der Waals surface area contributed by atoms with Gasteiger partial charge in [-0.25, -0.2) is 0 Å². The first-order chi connectivity index (χ1) is 5.12. The smallest absolute Gasteiger partial charge is 0.00380 e. The Morgan fingerprint density at radius 1 is 1.00 bits per heavy atom. The number of hydrogen-bond acceptors (Lipinski definition) is 0. The number of rotatable bonds is 0. The molecule has 0 aliphatic heterocycles. The molecule has 0 radical (unpaired) electrons. The Balaban J connectivity index is 2.38. The first-order valence-electron chi connectivity index (χ1n) is 4.47. The second-order valence-corrected chi connectivity index (χ2v) is 4.71. The van der Waals surface area contributed by atoms with Crippen LogP contribution in [0.1, 0.15) is 33.1 Å². The summed E-state index contributed by atoms with van der Waals surface area (Å²) in [4.78, 5) is 0. The van der Waals surface area contributed by atoms with Gasteiger partial charge in [0, 0.05) is 5.41 Å². The van der Waals surface area contributed by atoms with Crippen LogP contribution in [0, 0.1) is 10.8 Å². The highest BCUT2D eigenvalue weighted by molar-refractivity contribution is 5.20. The highest BCUT2D eigenvalue weighted by atomic mass is 14.4. The minimum atomic E-state index is 0.380. The number of hydrogen-bond donors (Lipinski definition) is 0. The summed E-state index contributed by atoms with van der Waals surface area (Å²) in [5.74, 6) is 0. The van der Waals surface area contributed by atoms with Crippen molar-refractivity contribution in [3.8, 4) is 0 Å². The highest BCUT2D eigenvalue weighted by Crippen LogP contribution is 2.48. The molecule has 0 heteroatoms. The SMILES string of the molecule is CC12C=CCC(C)(CC=C1)C2. The van der Waals surface area contributed by atoms with E-state index in [4.69, 9.17) is 0 Å². The molecule has 0 nitrogen and oxygen atoms in total. The normalized spacial score (nSPS) is 47.8. The molecule has 0 saturated carbocycles. The van der Waals surface area contributed by atoms with Gasteiger partial charge in [0.05, 0.1) is 0 Å². The summed E-state index contributed by atoms with van der Waals surface area (Å²) < 4.78 is 0. The topological polar surface area (TPSA) is 0 Å². The Bertz CT molecular complexity index is 204. The largest absolute Gasteiger partial charge is 0.0871 e. The van der Waals surface area contributed by atoms with Gasteiger partial charge in [0.15, 0.2) is 0 Å². The van der Waals surface area contributed by atoms with Crippen LogP contribution in [0.2, 0.25) is 0 Å². The molecule has 2 rings (SSSR count). The van der Waals surface area contributed by atoms with E-state index in [1.807, 2.05) is 0 Å². The molecular weight excluding hydrogens is 132 g/mol. The summed E-state index contributed by atoms with van der Waals surface area (Å²) in [6.45, 7) is 4.73. The van der Waals surface area contributed by atoms with E-state index in [2.05, 4.69) is 38.2 Å². The van der Waals surface area contributed by atoms with Gasteiger partial charge in [0.25, 0.3) is 0 Å². The third-order valence-electron chi connectivity index (χ3n) is 3.03. The van der Waals surface area contributed by atoms with Crippen LogP contribution in [-0.2, 0) is 0 Å². The van der Waals surface area contributed by atoms with Crippen molar-refractivity contribution in [3.05, 3.63) is 24.3 Å². The van der Waals surface area contributed by atoms with E-state index in [0.29, 0.717) is 10.8 Å². The molecule has 60 valence electrons. The average molecular weight is 148 g/mol. The van der Waals surface area contributed by atoms with Crippen LogP contribution in [0.4, 0.5) is 0 Å². The first kappa shape index (κ1) is 7.15. The lowest BCUT2D eigenvalue weighted by atomic mass is 9.63. The van der Waals surface area contributed by atoms with Crippen molar-refractivity contribution in [2.75, 3.05) is 0 Å². The predicted octanol–water partition coefficient (Wildman–Crippen LogP) is 3.31. The lowest BCUT2D eigenvalue weighted by Gasteiger charge is -2.42. The third kappa shape index (κ3) is 1.15. The Morgan fingerprint density at radius 3 is 1.91 bits per heavy atom. The van der Waals surface area contributed by atoms with Crippen LogP contribution in [0.3, 0.4) is 0 Å². The second-order valence-electron chi connectivity index (χ2n) is 4.71. The number of fused-ring (bicyclic) bond motifs is 2. The maximum atomic E-state index is 2.40. The highest BCUT2D eigenvalue weighted by Gasteiger charge is 2.36. The van der Waals surface area contributed by atoms with Crippen molar-refractivity contribution in [1.29, 1.82) is 0 Å². The summed E-state index contributed by atoms with van der Waals surface area (Å²) in [5.41, 5.74) is 0.948. The van der Waals surface area contributed by atoms with Gasteiger partial charge >= 0.3 is 0 Å². The monoisotopic (exact) mass is 148 g/mol. The molecule has 0 N–H and O–H groups in total. The van der Waals surface area contributed by atoms with Crippen molar-refractivity contribution in [3.63, 3.8) is 0 Å². The van der Waals surface area contributed by atoms with E-state index in [-0.39, 0.29) is 0 Å². The van der Waals surface area contributed by atoms with Gasteiger partial charge in [0.2, 0.25) is 0 Å². The van der Waals surface area contributed by atoms with E-state index in [1.54, 1.807) is 0 Å². The third-order valence-corrected chi connectivity index (χ3v) is 3.03. The summed E-state index contributed by atoms with van der Waals surface area (Å²) in [5, 5.41) is 0. The van der Waals surface area contributed by atoms with Gasteiger partial charge in [0.1, 0.15) is 0 Å². The summed E-state index contributed by atoms with van der Waals surface area (Å²) in [6, 6.07) is 0. The van der Waals surface area contributed by atoms with Gasteiger partial charge in [-0.2, -0.15) is 0 Å². The molecule has 0 aromatic carbocycles. The van der Waals surface area contributed by atoms with Crippen LogP contribution in [-0.4, -0.2) is 0 Å². The Hall–Kier alpha value is -0.520. The predicted molar refractivity (Wildman–Crippen MR) is 48.3 cm³/mol. The molecule has 11 heavy (non-hydrogen) atoms. The molecule has 2 aliphatic rings. The molecule has 0 aromatic heterocycles. The molecule has 2 bridgehead atoms. The summed E-state index contributed by atoms with van der Waals surface area (Å²) in [7, 11) is 0. The second kappa shape index (κ2) is 2.00. The fourth-order valence-electron chi connectivity index (χ4n) is 2.55. The van der Waals surface area contributed by atoms with Crippen molar-refractivity contribution in [2.24, 2.45) is 10.8 Å². The minimum absolute atomic E-state index is 0.380. The van der Waals surface area contributed by atoms with Crippen molar-refractivity contribution >= 4 is 0 Å². The first-order valence-corrected chi connectivity index (χ1v) is 4.47. The van der Waals surface area contributed by atoms with E-state index < -0.39 is 0 Å². The molecule has 0 fully saturated rings. The van der Waals surface area contributed by atoms with Crippen molar-refractivity contribution < 1.29 is 0 Å². The maximum Gasteiger partial charge on any atom is 0.00380 e. The molecule has 2 aliphatic carbocycles. The average Bonchev–Trinajstić information content (AvgIpc) is 1.83. The molecule has 0 atom stereocenters. The standard InChI is InChI=1S/C11H16/c1-10-5-3-7-11(2,9-10)8-4-6-10/h3-6H,7-9H2,1-2H3. The summed E-state index contributed by atoms with van der Waals surface area (Å²) >= 11 is 0. The summed E-state index contributed by atoms with van der Waals surface area (Å²) in [6.07, 6.45) is 13.3. The Morgan fingerprint density at radius 2 is 1.55 bits per heavy atom. The van der Waals surface area contributed by atoms with Gasteiger partial charge in [-0.1, -0.05) is 38.2 Å². The zero-order valence-corrected chi connectivity index (χ0v) is 7.43. The van der Waals surface area contributed by atoms with Gasteiger partial charge in [-0.05, 0) is 24.7 Å².